The molecule has 0 saturated carbocycles. The fourth-order valence-electron chi connectivity index (χ4n) is 2.72. The Morgan fingerprint density at radius 1 is 1.23 bits per heavy atom. The van der Waals surface area contributed by atoms with Crippen LogP contribution in [0.25, 0.3) is 0 Å². The van der Waals surface area contributed by atoms with Gasteiger partial charge in [-0.2, -0.15) is 5.26 Å². The maximum Gasteiger partial charge on any atom is 0.233 e. The molecule has 1 amide bonds. The number of nitriles is 1. The molecule has 0 aliphatic heterocycles. The van der Waals surface area contributed by atoms with Crippen LogP contribution in [0.4, 0.5) is 0 Å². The number of carbonyl (C=O) groups excluding carboxylic acids is 1. The maximum absolute atomic E-state index is 12.9. The summed E-state index contributed by atoms with van der Waals surface area (Å²) in [5, 5.41) is 10.0. The molecule has 0 atom stereocenters. The third-order valence-electron chi connectivity index (χ3n) is 4.05. The molecule has 2 aromatic rings. The normalized spacial score (nSPS) is 11.1. The molecule has 1 heterocycles. The highest BCUT2D eigenvalue weighted by Crippen LogP contribution is 2.26. The summed E-state index contributed by atoms with van der Waals surface area (Å²) in [6, 6.07) is 14.1. The molecule has 5 heteroatoms. The molecule has 2 rings (SSSR count). The van der Waals surface area contributed by atoms with Crippen LogP contribution >= 0.6 is 11.8 Å². The lowest BCUT2D eigenvalue weighted by Crippen LogP contribution is -2.45. The Hall–Kier alpha value is -2.32. The van der Waals surface area contributed by atoms with E-state index in [-0.39, 0.29) is 17.2 Å². The number of thioether (sulfide) groups is 1. The van der Waals surface area contributed by atoms with Crippen molar-refractivity contribution in [3.63, 3.8) is 0 Å². The molecule has 26 heavy (non-hydrogen) atoms. The molecular formula is C21H25N3OS. The van der Waals surface area contributed by atoms with Crippen molar-refractivity contribution in [2.75, 3.05) is 5.75 Å². The molecule has 0 radical (unpaired) electrons. The van der Waals surface area contributed by atoms with Gasteiger partial charge in [0.25, 0.3) is 0 Å². The molecular weight excluding hydrogens is 342 g/mol. The van der Waals surface area contributed by atoms with Gasteiger partial charge < -0.3 is 4.90 Å². The summed E-state index contributed by atoms with van der Waals surface area (Å²) < 4.78 is 0. The molecule has 1 aromatic heterocycles. The number of rotatable bonds is 5. The summed E-state index contributed by atoms with van der Waals surface area (Å²) in [6.07, 6.45) is 0. The summed E-state index contributed by atoms with van der Waals surface area (Å²) in [7, 11) is 0. The van der Waals surface area contributed by atoms with E-state index >= 15 is 0 Å². The van der Waals surface area contributed by atoms with Crippen LogP contribution in [0, 0.1) is 25.2 Å². The van der Waals surface area contributed by atoms with Crippen molar-refractivity contribution >= 4 is 17.7 Å². The van der Waals surface area contributed by atoms with E-state index in [2.05, 4.69) is 11.1 Å². The van der Waals surface area contributed by atoms with Crippen molar-refractivity contribution < 1.29 is 4.79 Å². The number of aromatic nitrogens is 1. The molecule has 0 aliphatic rings. The molecule has 0 N–H and O–H groups in total. The van der Waals surface area contributed by atoms with Gasteiger partial charge in [-0.25, -0.2) is 4.98 Å². The van der Waals surface area contributed by atoms with Gasteiger partial charge in [-0.3, -0.25) is 4.79 Å². The quantitative estimate of drug-likeness (QED) is 0.731. The minimum absolute atomic E-state index is 0.0382. The maximum atomic E-state index is 12.9. The number of amides is 1. The lowest BCUT2D eigenvalue weighted by atomic mass is 10.0. The lowest BCUT2D eigenvalue weighted by Gasteiger charge is -2.36. The Balaban J connectivity index is 2.17. The number of aryl methyl sites for hydroxylation is 2. The number of hydrogen-bond acceptors (Lipinski definition) is 4. The lowest BCUT2D eigenvalue weighted by molar-refractivity contribution is -0.133. The van der Waals surface area contributed by atoms with Crippen LogP contribution < -0.4 is 0 Å². The average molecular weight is 368 g/mol. The summed E-state index contributed by atoms with van der Waals surface area (Å²) in [5.41, 5.74) is 3.11. The number of hydrogen-bond donors (Lipinski definition) is 0. The average Bonchev–Trinajstić information content (AvgIpc) is 2.57. The van der Waals surface area contributed by atoms with E-state index in [1.807, 2.05) is 75.9 Å². The van der Waals surface area contributed by atoms with Gasteiger partial charge in [0, 0.05) is 17.8 Å². The first-order valence-electron chi connectivity index (χ1n) is 8.58. The second-order valence-corrected chi connectivity index (χ2v) is 8.26. The number of carbonyl (C=O) groups is 1. The smallest absolute Gasteiger partial charge is 0.233 e. The van der Waals surface area contributed by atoms with E-state index in [1.165, 1.54) is 11.8 Å². The molecule has 136 valence electrons. The van der Waals surface area contributed by atoms with Crippen molar-refractivity contribution in [1.82, 2.24) is 9.88 Å². The second kappa shape index (κ2) is 8.37. The van der Waals surface area contributed by atoms with Gasteiger partial charge in [0.15, 0.2) is 0 Å². The highest BCUT2D eigenvalue weighted by Gasteiger charge is 2.27. The van der Waals surface area contributed by atoms with E-state index in [0.29, 0.717) is 17.1 Å². The van der Waals surface area contributed by atoms with Crippen LogP contribution in [0.5, 0.6) is 0 Å². The predicted octanol–water partition coefficient (Wildman–Crippen LogP) is 4.49. The minimum atomic E-state index is -0.290. The molecule has 0 saturated heterocycles. The summed E-state index contributed by atoms with van der Waals surface area (Å²) >= 11 is 1.34. The van der Waals surface area contributed by atoms with Crippen molar-refractivity contribution in [3.8, 4) is 6.07 Å². The molecule has 0 bridgehead atoms. The Bertz CT molecular complexity index is 820. The summed E-state index contributed by atoms with van der Waals surface area (Å²) in [4.78, 5) is 19.3. The zero-order valence-electron chi connectivity index (χ0n) is 16.0. The number of nitrogens with zero attached hydrogens (tertiary/aromatic N) is 3. The fraction of sp³-hybridized carbons (Fsp3) is 0.381. The van der Waals surface area contributed by atoms with Gasteiger partial charge >= 0.3 is 0 Å². The van der Waals surface area contributed by atoms with Crippen LogP contribution in [0.15, 0.2) is 41.4 Å². The topological polar surface area (TPSA) is 57.0 Å². The van der Waals surface area contributed by atoms with Gasteiger partial charge in [0.1, 0.15) is 11.1 Å². The van der Waals surface area contributed by atoms with E-state index < -0.39 is 0 Å². The van der Waals surface area contributed by atoms with Gasteiger partial charge in [0.2, 0.25) is 5.91 Å². The Morgan fingerprint density at radius 2 is 1.88 bits per heavy atom. The number of pyridine rings is 1. The second-order valence-electron chi connectivity index (χ2n) is 7.30. The first-order valence-corrected chi connectivity index (χ1v) is 9.56. The molecule has 4 nitrogen and oxygen atoms in total. The van der Waals surface area contributed by atoms with Crippen molar-refractivity contribution in [2.45, 2.75) is 51.7 Å². The Morgan fingerprint density at radius 3 is 2.46 bits per heavy atom. The van der Waals surface area contributed by atoms with E-state index in [9.17, 15) is 10.1 Å². The summed E-state index contributed by atoms with van der Waals surface area (Å²) in [5.74, 6) is 0.297. The van der Waals surface area contributed by atoms with E-state index in [1.54, 1.807) is 0 Å². The Labute approximate surface area is 160 Å². The first-order chi connectivity index (χ1) is 12.2. The van der Waals surface area contributed by atoms with Crippen LogP contribution in [0.3, 0.4) is 0 Å². The van der Waals surface area contributed by atoms with Crippen LogP contribution in [0.2, 0.25) is 0 Å². The Kier molecular flexibility index (Phi) is 6.44. The van der Waals surface area contributed by atoms with Gasteiger partial charge in [-0.1, -0.05) is 42.1 Å². The minimum Gasteiger partial charge on any atom is -0.333 e. The van der Waals surface area contributed by atoms with Crippen molar-refractivity contribution in [2.24, 2.45) is 0 Å². The van der Waals surface area contributed by atoms with Crippen molar-refractivity contribution in [3.05, 3.63) is 58.8 Å². The third-order valence-corrected chi connectivity index (χ3v) is 5.01. The van der Waals surface area contributed by atoms with Crippen LogP contribution in [-0.2, 0) is 11.3 Å². The van der Waals surface area contributed by atoms with Gasteiger partial charge in [-0.15, -0.1) is 0 Å². The largest absolute Gasteiger partial charge is 0.333 e. The van der Waals surface area contributed by atoms with Crippen LogP contribution in [-0.4, -0.2) is 27.1 Å². The number of benzene rings is 1. The predicted molar refractivity (Wildman–Crippen MR) is 106 cm³/mol. The van der Waals surface area contributed by atoms with Crippen molar-refractivity contribution in [1.29, 1.82) is 5.26 Å². The molecule has 0 unspecified atom stereocenters. The SMILES string of the molecule is Cc1cc(C)c(C#N)c(SCC(=O)N(Cc2ccccc2)C(C)(C)C)n1. The standard InChI is InChI=1S/C21H25N3OS/c1-15-11-16(2)23-20(18(15)12-22)26-14-19(25)24(21(3,4)5)13-17-9-7-6-8-10-17/h6-11H,13-14H2,1-5H3. The first kappa shape index (κ1) is 20.0. The third kappa shape index (κ3) is 5.09. The van der Waals surface area contributed by atoms with Gasteiger partial charge in [-0.05, 0) is 51.8 Å². The zero-order chi connectivity index (χ0) is 19.3. The molecule has 0 aliphatic carbocycles. The molecule has 0 fully saturated rings. The van der Waals surface area contributed by atoms with Gasteiger partial charge in [0.05, 0.1) is 11.3 Å². The summed E-state index contributed by atoms with van der Waals surface area (Å²) in [6.45, 7) is 10.5. The van der Waals surface area contributed by atoms with Crippen LogP contribution in [0.1, 0.15) is 43.2 Å². The highest BCUT2D eigenvalue weighted by molar-refractivity contribution is 8.00. The molecule has 1 aromatic carbocycles. The highest BCUT2D eigenvalue weighted by atomic mass is 32.2. The van der Waals surface area contributed by atoms with E-state index in [0.717, 1.165) is 16.8 Å². The zero-order valence-corrected chi connectivity index (χ0v) is 16.9. The molecule has 0 spiro atoms. The van der Waals surface area contributed by atoms with E-state index in [4.69, 9.17) is 0 Å². The fourth-order valence-corrected chi connectivity index (χ4v) is 3.69. The monoisotopic (exact) mass is 367 g/mol.